The van der Waals surface area contributed by atoms with Gasteiger partial charge in [-0.3, -0.25) is 13.9 Å². The minimum Gasteiger partial charge on any atom is -0.295 e. The van der Waals surface area contributed by atoms with Gasteiger partial charge in [0.05, 0.1) is 11.0 Å². The average molecular weight is 260 g/mol. The second-order valence-electron chi connectivity index (χ2n) is 5.53. The molecule has 0 saturated carbocycles. The molecule has 0 fully saturated rings. The van der Waals surface area contributed by atoms with E-state index in [1.807, 2.05) is 45.9 Å². The fraction of sp³-hybridized carbons (Fsp3) is 0.467. The Bertz CT molecular complexity index is 690. The van der Waals surface area contributed by atoms with Crippen molar-refractivity contribution in [2.75, 3.05) is 0 Å². The van der Waals surface area contributed by atoms with E-state index in [-0.39, 0.29) is 23.4 Å². The molecule has 0 saturated heterocycles. The minimum atomic E-state index is -0.0425. The topological polar surface area (TPSA) is 44.0 Å². The van der Waals surface area contributed by atoms with E-state index in [0.717, 1.165) is 11.0 Å². The lowest BCUT2D eigenvalue weighted by atomic mass is 10.0. The highest BCUT2D eigenvalue weighted by molar-refractivity contribution is 6.00. The molecule has 0 aliphatic carbocycles. The van der Waals surface area contributed by atoms with Gasteiger partial charge in [0.25, 0.3) is 0 Å². The Balaban J connectivity index is 2.72. The standard InChI is InChI=1S/C15H20N2O2/c1-9(2)14(18)11-6-7-12-13(8-11)16(5)15(19)17(12)10(3)4/h6-10H,1-5H3. The first-order valence-corrected chi connectivity index (χ1v) is 6.59. The van der Waals surface area contributed by atoms with Gasteiger partial charge in [-0.25, -0.2) is 4.79 Å². The van der Waals surface area contributed by atoms with Crippen molar-refractivity contribution in [2.24, 2.45) is 13.0 Å². The van der Waals surface area contributed by atoms with Crippen LogP contribution in [0.25, 0.3) is 11.0 Å². The van der Waals surface area contributed by atoms with Gasteiger partial charge in [-0.15, -0.1) is 0 Å². The average Bonchev–Trinajstić information content (AvgIpc) is 2.60. The third kappa shape index (κ3) is 2.11. The van der Waals surface area contributed by atoms with Gasteiger partial charge < -0.3 is 0 Å². The van der Waals surface area contributed by atoms with Gasteiger partial charge in [0.1, 0.15) is 0 Å². The molecule has 0 amide bonds. The second-order valence-corrected chi connectivity index (χ2v) is 5.53. The van der Waals surface area contributed by atoms with Gasteiger partial charge in [0.2, 0.25) is 0 Å². The zero-order chi connectivity index (χ0) is 14.3. The fourth-order valence-electron chi connectivity index (χ4n) is 2.35. The maximum atomic E-state index is 12.2. The Morgan fingerprint density at radius 2 is 1.74 bits per heavy atom. The van der Waals surface area contributed by atoms with Crippen molar-refractivity contribution in [1.82, 2.24) is 9.13 Å². The summed E-state index contributed by atoms with van der Waals surface area (Å²) in [6.45, 7) is 7.72. The normalized spacial score (nSPS) is 11.7. The van der Waals surface area contributed by atoms with Crippen LogP contribution in [0.1, 0.15) is 44.1 Å². The summed E-state index contributed by atoms with van der Waals surface area (Å²) in [7, 11) is 1.74. The highest BCUT2D eigenvalue weighted by Crippen LogP contribution is 2.19. The second kappa shape index (κ2) is 4.68. The molecule has 0 N–H and O–H groups in total. The molecule has 0 radical (unpaired) electrons. The summed E-state index contributed by atoms with van der Waals surface area (Å²) in [6.07, 6.45) is 0. The van der Waals surface area contributed by atoms with E-state index >= 15 is 0 Å². The van der Waals surface area contributed by atoms with Crippen molar-refractivity contribution >= 4 is 16.8 Å². The van der Waals surface area contributed by atoms with Crippen molar-refractivity contribution < 1.29 is 4.79 Å². The van der Waals surface area contributed by atoms with Gasteiger partial charge in [0, 0.05) is 24.6 Å². The van der Waals surface area contributed by atoms with E-state index in [1.165, 1.54) is 0 Å². The first-order valence-electron chi connectivity index (χ1n) is 6.59. The van der Waals surface area contributed by atoms with Gasteiger partial charge in [-0.05, 0) is 32.0 Å². The van der Waals surface area contributed by atoms with Crippen LogP contribution in [-0.2, 0) is 7.05 Å². The zero-order valence-electron chi connectivity index (χ0n) is 12.1. The number of aryl methyl sites for hydroxylation is 1. The van der Waals surface area contributed by atoms with Crippen LogP contribution in [0.3, 0.4) is 0 Å². The van der Waals surface area contributed by atoms with E-state index in [9.17, 15) is 9.59 Å². The molecule has 1 heterocycles. The third-order valence-corrected chi connectivity index (χ3v) is 3.41. The summed E-state index contributed by atoms with van der Waals surface area (Å²) in [5, 5.41) is 0. The van der Waals surface area contributed by atoms with Crippen LogP contribution in [-0.4, -0.2) is 14.9 Å². The summed E-state index contributed by atoms with van der Waals surface area (Å²) in [5.74, 6) is 0.0632. The molecular formula is C15H20N2O2. The molecule has 1 aromatic carbocycles. The molecular weight excluding hydrogens is 240 g/mol. The Morgan fingerprint density at radius 3 is 2.26 bits per heavy atom. The lowest BCUT2D eigenvalue weighted by molar-refractivity contribution is 0.0939. The molecule has 4 heteroatoms. The number of benzene rings is 1. The molecule has 0 aliphatic rings. The molecule has 0 unspecified atom stereocenters. The third-order valence-electron chi connectivity index (χ3n) is 3.41. The highest BCUT2D eigenvalue weighted by Gasteiger charge is 2.16. The summed E-state index contributed by atoms with van der Waals surface area (Å²) in [6, 6.07) is 5.59. The van der Waals surface area contributed by atoms with Crippen LogP contribution in [0.15, 0.2) is 23.0 Å². The van der Waals surface area contributed by atoms with Crippen molar-refractivity contribution in [1.29, 1.82) is 0 Å². The van der Waals surface area contributed by atoms with Gasteiger partial charge in [0.15, 0.2) is 5.78 Å². The number of fused-ring (bicyclic) bond motifs is 1. The van der Waals surface area contributed by atoms with E-state index in [2.05, 4.69) is 0 Å². The van der Waals surface area contributed by atoms with Crippen LogP contribution in [0.4, 0.5) is 0 Å². The van der Waals surface area contributed by atoms with E-state index in [1.54, 1.807) is 16.2 Å². The number of aromatic nitrogens is 2. The Labute approximate surface area is 112 Å². The van der Waals surface area contributed by atoms with Crippen LogP contribution in [0.2, 0.25) is 0 Å². The highest BCUT2D eigenvalue weighted by atomic mass is 16.1. The molecule has 102 valence electrons. The van der Waals surface area contributed by atoms with Crippen LogP contribution in [0.5, 0.6) is 0 Å². The molecule has 2 aromatic rings. The maximum absolute atomic E-state index is 12.2. The number of carbonyl (C=O) groups excluding carboxylic acids is 1. The maximum Gasteiger partial charge on any atom is 0.329 e. The number of rotatable bonds is 3. The van der Waals surface area contributed by atoms with E-state index in [4.69, 9.17) is 0 Å². The summed E-state index contributed by atoms with van der Waals surface area (Å²) < 4.78 is 3.35. The largest absolute Gasteiger partial charge is 0.329 e. The Kier molecular flexibility index (Phi) is 3.35. The van der Waals surface area contributed by atoms with Gasteiger partial charge in [-0.2, -0.15) is 0 Å². The van der Waals surface area contributed by atoms with Crippen LogP contribution >= 0.6 is 0 Å². The van der Waals surface area contributed by atoms with Crippen molar-refractivity contribution in [3.05, 3.63) is 34.2 Å². The SMILES string of the molecule is CC(C)C(=O)c1ccc2c(c1)n(C)c(=O)n2C(C)C. The number of carbonyl (C=O) groups is 1. The number of hydrogen-bond donors (Lipinski definition) is 0. The number of imidazole rings is 1. The zero-order valence-corrected chi connectivity index (χ0v) is 12.1. The van der Waals surface area contributed by atoms with Crippen molar-refractivity contribution in [3.63, 3.8) is 0 Å². The van der Waals surface area contributed by atoms with Crippen molar-refractivity contribution in [2.45, 2.75) is 33.7 Å². The number of hydrogen-bond acceptors (Lipinski definition) is 2. The Morgan fingerprint density at radius 1 is 1.11 bits per heavy atom. The molecule has 2 rings (SSSR count). The van der Waals surface area contributed by atoms with E-state index < -0.39 is 0 Å². The van der Waals surface area contributed by atoms with Gasteiger partial charge in [-0.1, -0.05) is 13.8 Å². The molecule has 4 nitrogen and oxygen atoms in total. The van der Waals surface area contributed by atoms with Crippen LogP contribution in [0, 0.1) is 5.92 Å². The lowest BCUT2D eigenvalue weighted by Gasteiger charge is -2.08. The first-order chi connectivity index (χ1) is 8.84. The molecule has 0 spiro atoms. The Hall–Kier alpha value is -1.84. The number of Topliss-reactive ketones (excluding diaryl/α,β-unsaturated/α-hetero) is 1. The molecule has 0 bridgehead atoms. The molecule has 19 heavy (non-hydrogen) atoms. The van der Waals surface area contributed by atoms with E-state index in [0.29, 0.717) is 5.56 Å². The number of nitrogens with zero attached hydrogens (tertiary/aromatic N) is 2. The summed E-state index contributed by atoms with van der Waals surface area (Å²) >= 11 is 0. The monoisotopic (exact) mass is 260 g/mol. The van der Waals surface area contributed by atoms with Crippen LogP contribution < -0.4 is 5.69 Å². The summed E-state index contributed by atoms with van der Waals surface area (Å²) in [4.78, 5) is 24.2. The molecule has 0 atom stereocenters. The first kappa shape index (κ1) is 13.6. The fourth-order valence-corrected chi connectivity index (χ4v) is 2.35. The number of ketones is 1. The predicted molar refractivity (Wildman–Crippen MR) is 76.7 cm³/mol. The lowest BCUT2D eigenvalue weighted by Crippen LogP contribution is -2.23. The van der Waals surface area contributed by atoms with Gasteiger partial charge >= 0.3 is 5.69 Å². The van der Waals surface area contributed by atoms with Crippen molar-refractivity contribution in [3.8, 4) is 0 Å². The molecule has 0 aliphatic heterocycles. The smallest absolute Gasteiger partial charge is 0.295 e. The predicted octanol–water partition coefficient (Wildman–Crippen LogP) is 2.76. The molecule has 1 aromatic heterocycles. The summed E-state index contributed by atoms with van der Waals surface area (Å²) in [5.41, 5.74) is 2.31. The quantitative estimate of drug-likeness (QED) is 0.796. The minimum absolute atomic E-state index is 0.0401.